The molecule has 13 nitrogen and oxygen atoms in total. The number of nitrogens with one attached hydrogen (secondary N) is 1. The minimum absolute atomic E-state index is 0.0816. The molecule has 1 atom stereocenters. The summed E-state index contributed by atoms with van der Waals surface area (Å²) in [5.41, 5.74) is -0.336. The molecule has 0 saturated heterocycles. The molecule has 0 aliphatic carbocycles. The van der Waals surface area contributed by atoms with Gasteiger partial charge in [0.25, 0.3) is 22.2 Å². The van der Waals surface area contributed by atoms with Crippen LogP contribution < -0.4 is 4.72 Å². The molecule has 0 aliphatic heterocycles. The zero-order valence-corrected chi connectivity index (χ0v) is 26.1. The summed E-state index contributed by atoms with van der Waals surface area (Å²) in [7, 11) is -4.45. The Morgan fingerprint density at radius 1 is 1.11 bits per heavy atom. The standard InChI is InChI=1S/C28H33F3N6O7S/c1-7-35(37(40)34-44-19(3)43-26(39)27(4,5)6)17-25(38)33-45(41,42)22-14-12-21(13-15-22)36-23(16-24(32-36)28(29,30)31)20-10-8-18(2)9-11-20/h8-16,19H,7,17H2,1-6H3,(H,33,38). The van der Waals surface area contributed by atoms with E-state index in [0.29, 0.717) is 5.56 Å². The molecule has 1 unspecified atom stereocenters. The van der Waals surface area contributed by atoms with Gasteiger partial charge in [-0.15, -0.1) is 5.01 Å². The molecule has 0 saturated carbocycles. The summed E-state index contributed by atoms with van der Waals surface area (Å²) in [6.45, 7) is 8.68. The number of hydrazine groups is 1. The number of nitrogens with zero attached hydrogens (tertiary/aromatic N) is 5. The Morgan fingerprint density at radius 3 is 2.24 bits per heavy atom. The van der Waals surface area contributed by atoms with Crippen LogP contribution in [0.1, 0.15) is 45.9 Å². The minimum atomic E-state index is -4.72. The number of alkyl halides is 3. The van der Waals surface area contributed by atoms with Crippen molar-refractivity contribution in [3.05, 3.63) is 71.1 Å². The van der Waals surface area contributed by atoms with Crippen LogP contribution in [0.5, 0.6) is 0 Å². The Kier molecular flexibility index (Phi) is 10.5. The van der Waals surface area contributed by atoms with Crippen molar-refractivity contribution >= 4 is 21.9 Å². The number of likely N-dealkylation sites (N-methyl/N-ethyl adjacent to an activating group) is 1. The number of aromatic nitrogens is 2. The predicted molar refractivity (Wildman–Crippen MR) is 153 cm³/mol. The third-order valence-corrected chi connectivity index (χ3v) is 7.46. The number of rotatable bonds is 11. The van der Waals surface area contributed by atoms with Crippen LogP contribution in [-0.2, 0) is 35.4 Å². The van der Waals surface area contributed by atoms with Gasteiger partial charge in [0.2, 0.25) is 5.28 Å². The van der Waals surface area contributed by atoms with Crippen molar-refractivity contribution in [2.45, 2.75) is 58.9 Å². The number of benzene rings is 2. The molecule has 2 aromatic carbocycles. The normalized spacial score (nSPS) is 13.2. The summed E-state index contributed by atoms with van der Waals surface area (Å²) in [5.74, 6) is -1.69. The SMILES string of the molecule is CCN(CC(=O)NS(=O)(=O)c1ccc(-n2nc(C(F)(F)F)cc2-c2ccc(C)cc2)cc1)[N+]([O-])=NOC(C)OC(=O)C(C)(C)C. The van der Waals surface area contributed by atoms with E-state index in [1.807, 2.05) is 11.6 Å². The molecule has 45 heavy (non-hydrogen) atoms. The number of ether oxygens (including phenoxy) is 1. The van der Waals surface area contributed by atoms with Gasteiger partial charge in [-0.05, 0) is 65.0 Å². The fraction of sp³-hybridized carbons (Fsp3) is 0.393. The zero-order valence-electron chi connectivity index (χ0n) is 25.3. The van der Waals surface area contributed by atoms with Gasteiger partial charge in [0.1, 0.15) is 0 Å². The second kappa shape index (κ2) is 13.5. The molecule has 3 aromatic rings. The molecule has 1 aromatic heterocycles. The highest BCUT2D eigenvalue weighted by Crippen LogP contribution is 2.33. The number of aryl methyl sites for hydroxylation is 1. The highest BCUT2D eigenvalue weighted by atomic mass is 32.2. The number of hydrogen-bond donors (Lipinski definition) is 1. The minimum Gasteiger partial charge on any atom is -0.569 e. The molecule has 17 heteroatoms. The summed E-state index contributed by atoms with van der Waals surface area (Å²) in [4.78, 5) is 28.8. The second-order valence-electron chi connectivity index (χ2n) is 10.9. The Bertz CT molecular complexity index is 1650. The Balaban J connectivity index is 1.73. The Labute approximate surface area is 257 Å². The van der Waals surface area contributed by atoms with Gasteiger partial charge < -0.3 is 9.94 Å². The van der Waals surface area contributed by atoms with E-state index in [1.54, 1.807) is 45.0 Å². The summed E-state index contributed by atoms with van der Waals surface area (Å²) in [6.07, 6.45) is -5.94. The smallest absolute Gasteiger partial charge is 0.435 e. The maximum absolute atomic E-state index is 13.5. The predicted octanol–water partition coefficient (Wildman–Crippen LogP) is 4.74. The van der Waals surface area contributed by atoms with Crippen LogP contribution in [-0.4, -0.2) is 59.4 Å². The largest absolute Gasteiger partial charge is 0.569 e. The van der Waals surface area contributed by atoms with Crippen LogP contribution in [0.3, 0.4) is 0 Å². The van der Waals surface area contributed by atoms with E-state index in [9.17, 15) is 36.4 Å². The molecular formula is C28H33F3N6O7S. The van der Waals surface area contributed by atoms with Crippen LogP contribution in [0.2, 0.25) is 0 Å². The first-order valence-corrected chi connectivity index (χ1v) is 15.0. The van der Waals surface area contributed by atoms with E-state index in [1.165, 1.54) is 26.0 Å². The number of hydrogen-bond acceptors (Lipinski definition) is 9. The average molecular weight is 655 g/mol. The first kappa shape index (κ1) is 34.8. The lowest BCUT2D eigenvalue weighted by molar-refractivity contribution is -0.710. The number of sulfonamides is 1. The quantitative estimate of drug-likeness (QED) is 0.101. The lowest BCUT2D eigenvalue weighted by atomic mass is 9.97. The zero-order chi connectivity index (χ0) is 33.7. The molecule has 0 fully saturated rings. The van der Waals surface area contributed by atoms with Crippen molar-refractivity contribution in [2.24, 2.45) is 10.7 Å². The fourth-order valence-electron chi connectivity index (χ4n) is 3.62. The van der Waals surface area contributed by atoms with Gasteiger partial charge in [-0.1, -0.05) is 29.8 Å². The fourth-order valence-corrected chi connectivity index (χ4v) is 4.60. The first-order chi connectivity index (χ1) is 20.8. The molecule has 1 heterocycles. The highest BCUT2D eigenvalue weighted by molar-refractivity contribution is 7.90. The lowest BCUT2D eigenvalue weighted by Gasteiger charge is -2.19. The van der Waals surface area contributed by atoms with Crippen molar-refractivity contribution in [1.29, 1.82) is 0 Å². The summed E-state index contributed by atoms with van der Waals surface area (Å²) in [5, 5.41) is 20.1. The number of halogens is 3. The Morgan fingerprint density at radius 2 is 1.71 bits per heavy atom. The molecule has 0 spiro atoms. The van der Waals surface area contributed by atoms with Crippen molar-refractivity contribution < 1.29 is 45.7 Å². The second-order valence-corrected chi connectivity index (χ2v) is 12.5. The van der Waals surface area contributed by atoms with E-state index in [0.717, 1.165) is 33.5 Å². The molecular weight excluding hydrogens is 621 g/mol. The average Bonchev–Trinajstić information content (AvgIpc) is 3.41. The van der Waals surface area contributed by atoms with Gasteiger partial charge in [0.15, 0.2) is 12.2 Å². The molecule has 3 rings (SSSR count). The van der Waals surface area contributed by atoms with E-state index >= 15 is 0 Å². The molecule has 0 aliphatic rings. The van der Waals surface area contributed by atoms with Crippen LogP contribution in [0.4, 0.5) is 13.2 Å². The monoisotopic (exact) mass is 654 g/mol. The summed E-state index contributed by atoms with van der Waals surface area (Å²) < 4.78 is 74.1. The van der Waals surface area contributed by atoms with E-state index in [-0.39, 0.29) is 27.8 Å². The van der Waals surface area contributed by atoms with Gasteiger partial charge in [-0.3, -0.25) is 14.4 Å². The van der Waals surface area contributed by atoms with Crippen LogP contribution >= 0.6 is 0 Å². The molecule has 0 bridgehead atoms. The van der Waals surface area contributed by atoms with E-state index < -0.39 is 52.0 Å². The number of carbonyl (C=O) groups is 2. The van der Waals surface area contributed by atoms with Gasteiger partial charge in [0.05, 0.1) is 33.2 Å². The van der Waals surface area contributed by atoms with Crippen molar-refractivity contribution in [2.75, 3.05) is 13.1 Å². The summed E-state index contributed by atoms with van der Waals surface area (Å²) in [6, 6.07) is 12.3. The van der Waals surface area contributed by atoms with E-state index in [4.69, 9.17) is 9.57 Å². The van der Waals surface area contributed by atoms with Gasteiger partial charge >= 0.3 is 12.1 Å². The first-order valence-electron chi connectivity index (χ1n) is 13.5. The van der Waals surface area contributed by atoms with Crippen LogP contribution in [0.15, 0.2) is 64.8 Å². The molecule has 244 valence electrons. The van der Waals surface area contributed by atoms with Crippen molar-refractivity contribution in [3.63, 3.8) is 0 Å². The third kappa shape index (κ3) is 9.17. The van der Waals surface area contributed by atoms with Crippen LogP contribution in [0.25, 0.3) is 16.9 Å². The van der Waals surface area contributed by atoms with Crippen LogP contribution in [0, 0.1) is 17.5 Å². The Hall–Kier alpha value is -4.67. The molecule has 1 N–H and O–H groups in total. The van der Waals surface area contributed by atoms with Gasteiger partial charge in [0, 0.05) is 12.5 Å². The molecule has 0 radical (unpaired) electrons. The highest BCUT2D eigenvalue weighted by Gasteiger charge is 2.35. The number of carbonyl (C=O) groups excluding carboxylic acids is 2. The number of amides is 1. The van der Waals surface area contributed by atoms with Crippen molar-refractivity contribution in [1.82, 2.24) is 19.5 Å². The molecule has 1 amide bonds. The van der Waals surface area contributed by atoms with Crippen molar-refractivity contribution in [3.8, 4) is 16.9 Å². The maximum Gasteiger partial charge on any atom is 0.435 e. The maximum atomic E-state index is 13.5. The summed E-state index contributed by atoms with van der Waals surface area (Å²) >= 11 is 0. The van der Waals surface area contributed by atoms with Gasteiger partial charge in [-0.25, -0.2) is 17.8 Å². The third-order valence-electron chi connectivity index (χ3n) is 6.07. The van der Waals surface area contributed by atoms with E-state index in [2.05, 4.69) is 10.4 Å². The van der Waals surface area contributed by atoms with Gasteiger partial charge in [-0.2, -0.15) is 18.3 Å². The lowest BCUT2D eigenvalue weighted by Crippen LogP contribution is -2.42. The number of esters is 1. The topological polar surface area (TPSA) is 158 Å².